The third-order valence-corrected chi connectivity index (χ3v) is 4.99. The highest BCUT2D eigenvalue weighted by molar-refractivity contribution is 5.99. The van der Waals surface area contributed by atoms with Crippen LogP contribution in [0.5, 0.6) is 0 Å². The molecule has 0 aliphatic rings. The summed E-state index contributed by atoms with van der Waals surface area (Å²) in [6.07, 6.45) is -4.18. The van der Waals surface area contributed by atoms with Gasteiger partial charge in [-0.2, -0.15) is 13.2 Å². The summed E-state index contributed by atoms with van der Waals surface area (Å²) in [5.41, 5.74) is 0.186. The van der Waals surface area contributed by atoms with Crippen LogP contribution in [-0.2, 0) is 19.6 Å². The van der Waals surface area contributed by atoms with E-state index in [-0.39, 0.29) is 42.2 Å². The van der Waals surface area contributed by atoms with Gasteiger partial charge in [0.1, 0.15) is 17.2 Å². The molecule has 162 valence electrons. The first-order chi connectivity index (χ1) is 14.7. The summed E-state index contributed by atoms with van der Waals surface area (Å²) in [5, 5.41) is 8.88. The van der Waals surface area contributed by atoms with Crippen LogP contribution in [0.3, 0.4) is 0 Å². The molecule has 4 aromatic rings. The number of Topliss-reactive ketones (excluding diaryl/α,β-unsaturated/α-hetero) is 1. The molecule has 0 bridgehead atoms. The van der Waals surface area contributed by atoms with E-state index >= 15 is 0 Å². The summed E-state index contributed by atoms with van der Waals surface area (Å²) in [5.74, 6) is -0.921. The highest BCUT2D eigenvalue weighted by atomic mass is 19.4. The zero-order valence-electron chi connectivity index (χ0n) is 16.3. The minimum absolute atomic E-state index is 0.0176. The van der Waals surface area contributed by atoms with E-state index in [0.29, 0.717) is 35.5 Å². The number of hydrogen-bond acceptors (Lipinski definition) is 5. The number of aliphatic hydroxyl groups excluding tert-OH is 1. The number of hydrogen-bond donors (Lipinski definition) is 1. The number of benzene rings is 2. The van der Waals surface area contributed by atoms with Crippen LogP contribution in [0.1, 0.15) is 40.5 Å². The number of nitrogens with zero attached hydrogens (tertiary/aromatic N) is 3. The normalized spacial score (nSPS) is 12.2. The first-order valence-corrected chi connectivity index (χ1v) is 9.43. The minimum atomic E-state index is -4.84. The van der Waals surface area contributed by atoms with Crippen LogP contribution in [0.15, 0.2) is 34.7 Å². The van der Waals surface area contributed by atoms with Crippen LogP contribution >= 0.6 is 0 Å². The molecule has 2 aromatic heterocycles. The van der Waals surface area contributed by atoms with Crippen LogP contribution in [-0.4, -0.2) is 32.0 Å². The number of aryl methyl sites for hydroxylation is 1. The zero-order valence-corrected chi connectivity index (χ0v) is 16.3. The van der Waals surface area contributed by atoms with Crippen LogP contribution in [0.4, 0.5) is 17.6 Å². The Morgan fingerprint density at radius 2 is 1.94 bits per heavy atom. The van der Waals surface area contributed by atoms with Crippen LogP contribution in [0, 0.1) is 5.82 Å². The van der Waals surface area contributed by atoms with E-state index in [1.807, 2.05) is 0 Å². The lowest BCUT2D eigenvalue weighted by molar-refractivity contribution is -0.139. The molecule has 0 fully saturated rings. The number of alkyl halides is 3. The summed E-state index contributed by atoms with van der Waals surface area (Å²) in [4.78, 5) is 20.7. The summed E-state index contributed by atoms with van der Waals surface area (Å²) in [6.45, 7) is -0.0689. The van der Waals surface area contributed by atoms with Gasteiger partial charge < -0.3 is 14.1 Å². The zero-order chi connectivity index (χ0) is 22.3. The topological polar surface area (TPSA) is 81.2 Å². The Labute approximate surface area is 173 Å². The first kappa shape index (κ1) is 21.0. The first-order valence-electron chi connectivity index (χ1n) is 9.43. The molecular weight excluding hydrogens is 418 g/mol. The van der Waals surface area contributed by atoms with Gasteiger partial charge in [-0.05, 0) is 30.7 Å². The number of aromatic nitrogens is 3. The smallest absolute Gasteiger partial charge is 0.419 e. The fraction of sp³-hybridized carbons (Fsp3) is 0.286. The van der Waals surface area contributed by atoms with Crippen molar-refractivity contribution in [3.8, 4) is 0 Å². The van der Waals surface area contributed by atoms with Gasteiger partial charge in [0.25, 0.3) is 0 Å². The third-order valence-electron chi connectivity index (χ3n) is 4.99. The van der Waals surface area contributed by atoms with Gasteiger partial charge >= 0.3 is 6.18 Å². The van der Waals surface area contributed by atoms with Gasteiger partial charge in [-0.15, -0.1) is 0 Å². The maximum atomic E-state index is 13.8. The Morgan fingerprint density at radius 1 is 1.16 bits per heavy atom. The fourth-order valence-electron chi connectivity index (χ4n) is 3.39. The van der Waals surface area contributed by atoms with E-state index in [1.54, 1.807) is 29.8 Å². The molecule has 0 aliphatic heterocycles. The lowest BCUT2D eigenvalue weighted by atomic mass is 10.1. The Kier molecular flexibility index (Phi) is 5.26. The molecule has 0 saturated carbocycles. The van der Waals surface area contributed by atoms with Gasteiger partial charge in [-0.1, -0.05) is 0 Å². The second kappa shape index (κ2) is 7.77. The number of imidazole rings is 1. The van der Waals surface area contributed by atoms with Crippen molar-refractivity contribution < 1.29 is 31.9 Å². The largest absolute Gasteiger partial charge is 0.440 e. The standard InChI is InChI=1S/C21H17F4N3O3/c1-28-16-5-4-11(17(30)3-2-6-29)7-14(16)26-19(28)10-20-27-15-9-13(22)12(21(23,24)25)8-18(15)31-20/h4-5,7-9,29H,2-3,6,10H2,1H3. The van der Waals surface area contributed by atoms with Crippen LogP contribution in [0.2, 0.25) is 0 Å². The van der Waals surface area contributed by atoms with E-state index in [2.05, 4.69) is 9.97 Å². The van der Waals surface area contributed by atoms with E-state index in [1.165, 1.54) is 0 Å². The minimum Gasteiger partial charge on any atom is -0.440 e. The average molecular weight is 435 g/mol. The van der Waals surface area contributed by atoms with Gasteiger partial charge in [-0.25, -0.2) is 14.4 Å². The summed E-state index contributed by atoms with van der Waals surface area (Å²) < 4.78 is 59.7. The van der Waals surface area contributed by atoms with Crippen molar-refractivity contribution in [3.63, 3.8) is 0 Å². The molecule has 0 saturated heterocycles. The number of rotatable bonds is 6. The molecule has 31 heavy (non-hydrogen) atoms. The highest BCUT2D eigenvalue weighted by Gasteiger charge is 2.35. The third kappa shape index (κ3) is 4.02. The van der Waals surface area contributed by atoms with Crippen molar-refractivity contribution in [2.24, 2.45) is 7.05 Å². The molecule has 0 spiro atoms. The lowest BCUT2D eigenvalue weighted by Gasteiger charge is -2.06. The van der Waals surface area contributed by atoms with Crippen molar-refractivity contribution in [2.45, 2.75) is 25.4 Å². The molecule has 2 heterocycles. The van der Waals surface area contributed by atoms with Crippen LogP contribution < -0.4 is 0 Å². The van der Waals surface area contributed by atoms with Crippen LogP contribution in [0.25, 0.3) is 22.1 Å². The number of ketones is 1. The van der Waals surface area contributed by atoms with Crippen molar-refractivity contribution >= 4 is 27.9 Å². The SMILES string of the molecule is Cn1c(Cc2nc3cc(F)c(C(F)(F)F)cc3o2)nc2cc(C(=O)CCCO)ccc21. The molecule has 0 atom stereocenters. The molecule has 0 unspecified atom stereocenters. The van der Waals surface area contributed by atoms with Crippen molar-refractivity contribution in [1.82, 2.24) is 14.5 Å². The van der Waals surface area contributed by atoms with E-state index < -0.39 is 17.6 Å². The van der Waals surface area contributed by atoms with Gasteiger partial charge in [0, 0.05) is 31.7 Å². The number of oxazole rings is 1. The molecule has 1 N–H and O–H groups in total. The predicted molar refractivity (Wildman–Crippen MR) is 103 cm³/mol. The lowest BCUT2D eigenvalue weighted by Crippen LogP contribution is -2.07. The Bertz CT molecular complexity index is 1290. The quantitative estimate of drug-likeness (QED) is 0.358. The number of carbonyl (C=O) groups is 1. The highest BCUT2D eigenvalue weighted by Crippen LogP contribution is 2.34. The second-order valence-electron chi connectivity index (χ2n) is 7.12. The monoisotopic (exact) mass is 435 g/mol. The number of carbonyl (C=O) groups excluding carboxylic acids is 1. The van der Waals surface area contributed by atoms with E-state index in [0.717, 1.165) is 5.52 Å². The fourth-order valence-corrected chi connectivity index (χ4v) is 3.39. The second-order valence-corrected chi connectivity index (χ2v) is 7.12. The number of halogens is 4. The van der Waals surface area contributed by atoms with Gasteiger partial charge in [0.15, 0.2) is 11.4 Å². The van der Waals surface area contributed by atoms with Crippen molar-refractivity contribution in [1.29, 1.82) is 0 Å². The summed E-state index contributed by atoms with van der Waals surface area (Å²) in [6, 6.07) is 6.36. The Balaban J connectivity index is 1.65. The summed E-state index contributed by atoms with van der Waals surface area (Å²) >= 11 is 0. The Morgan fingerprint density at radius 3 is 2.65 bits per heavy atom. The summed E-state index contributed by atoms with van der Waals surface area (Å²) in [7, 11) is 1.75. The average Bonchev–Trinajstić information content (AvgIpc) is 3.24. The maximum Gasteiger partial charge on any atom is 0.419 e. The molecule has 0 aliphatic carbocycles. The van der Waals surface area contributed by atoms with Crippen molar-refractivity contribution in [2.75, 3.05) is 6.61 Å². The van der Waals surface area contributed by atoms with Gasteiger partial charge in [0.05, 0.1) is 23.0 Å². The molecular formula is C21H17F4N3O3. The molecule has 4 rings (SSSR count). The molecule has 0 radical (unpaired) electrons. The van der Waals surface area contributed by atoms with E-state index in [4.69, 9.17) is 9.52 Å². The predicted octanol–water partition coefficient (Wildman–Crippen LogP) is 4.42. The van der Waals surface area contributed by atoms with Gasteiger partial charge in [0.2, 0.25) is 5.89 Å². The van der Waals surface area contributed by atoms with E-state index in [9.17, 15) is 22.4 Å². The molecule has 2 aromatic carbocycles. The number of aliphatic hydroxyl groups is 1. The number of fused-ring (bicyclic) bond motifs is 2. The molecule has 6 nitrogen and oxygen atoms in total. The van der Waals surface area contributed by atoms with Gasteiger partial charge in [-0.3, -0.25) is 4.79 Å². The van der Waals surface area contributed by atoms with Crippen molar-refractivity contribution in [3.05, 3.63) is 59.0 Å². The molecule has 10 heteroatoms. The molecule has 0 amide bonds. The Hall–Kier alpha value is -3.27. The maximum absolute atomic E-state index is 13.8.